The van der Waals surface area contributed by atoms with E-state index in [4.69, 9.17) is 0 Å². The van der Waals surface area contributed by atoms with Crippen molar-refractivity contribution in [3.8, 4) is 35.7 Å². The first-order valence-corrected chi connectivity index (χ1v) is 10.3. The van der Waals surface area contributed by atoms with Gasteiger partial charge in [0.05, 0.1) is 46.3 Å². The van der Waals surface area contributed by atoms with Crippen molar-refractivity contribution in [1.82, 2.24) is 19.1 Å². The molecule has 0 aliphatic rings. The second-order valence-corrected chi connectivity index (χ2v) is 7.49. The summed E-state index contributed by atoms with van der Waals surface area (Å²) in [5, 5.41) is 38.3. The van der Waals surface area contributed by atoms with E-state index >= 15 is 0 Å². The molecule has 5 rings (SSSR count). The summed E-state index contributed by atoms with van der Waals surface area (Å²) in [6.45, 7) is 0. The fourth-order valence-corrected chi connectivity index (χ4v) is 4.06. The molecule has 3 aromatic carbocycles. The lowest BCUT2D eigenvalue weighted by molar-refractivity contribution is 0.893. The lowest BCUT2D eigenvalue weighted by atomic mass is 10.2. The molecular weight excluding hydrogens is 424 g/mol. The fourth-order valence-electron chi connectivity index (χ4n) is 4.06. The number of hydrogen-bond acceptors (Lipinski definition) is 6. The number of imidazole rings is 2. The molecule has 2 heterocycles. The van der Waals surface area contributed by atoms with E-state index in [0.29, 0.717) is 33.7 Å². The zero-order valence-electron chi connectivity index (χ0n) is 17.7. The molecule has 0 amide bonds. The maximum Gasteiger partial charge on any atom is 0.191 e. The summed E-state index contributed by atoms with van der Waals surface area (Å²) < 4.78 is 3.55. The van der Waals surface area contributed by atoms with Gasteiger partial charge in [0, 0.05) is 11.4 Å². The van der Waals surface area contributed by atoms with Crippen LogP contribution in [0, 0.1) is 45.3 Å². The molecule has 0 unspecified atom stereocenters. The maximum atomic E-state index is 9.57. The average molecular weight is 438 g/mol. The topological polar surface area (TPSA) is 131 Å². The molecule has 0 aliphatic carbocycles. The van der Waals surface area contributed by atoms with Gasteiger partial charge < -0.3 is 0 Å². The molecule has 0 fully saturated rings. The molecule has 0 radical (unpaired) electrons. The number of fused-ring (bicyclic) bond motifs is 2. The highest BCUT2D eigenvalue weighted by atomic mass is 15.1. The SMILES string of the molecule is N#CC(C#N)c1nc2cc3c(cc2n1-c1ccccc1)nc(C(C#N)C#N)n3-c1ccccc1. The third-order valence-electron chi connectivity index (χ3n) is 5.54. The third-order valence-corrected chi connectivity index (χ3v) is 5.54. The smallest absolute Gasteiger partial charge is 0.191 e. The van der Waals surface area contributed by atoms with E-state index in [2.05, 4.69) is 9.97 Å². The van der Waals surface area contributed by atoms with Gasteiger partial charge in [-0.15, -0.1) is 0 Å². The highest BCUT2D eigenvalue weighted by molar-refractivity contribution is 5.94. The number of para-hydroxylation sites is 2. The van der Waals surface area contributed by atoms with Crippen molar-refractivity contribution in [2.45, 2.75) is 11.8 Å². The molecule has 5 aromatic rings. The van der Waals surface area contributed by atoms with Crippen molar-refractivity contribution in [2.75, 3.05) is 0 Å². The molecule has 0 saturated carbocycles. The van der Waals surface area contributed by atoms with Crippen molar-refractivity contribution in [3.05, 3.63) is 84.4 Å². The average Bonchev–Trinajstić information content (AvgIpc) is 3.43. The van der Waals surface area contributed by atoms with Crippen molar-refractivity contribution in [3.63, 3.8) is 0 Å². The Hall–Kier alpha value is -5.44. The Morgan fingerprint density at radius 1 is 0.559 bits per heavy atom. The number of hydrogen-bond donors (Lipinski definition) is 0. The van der Waals surface area contributed by atoms with E-state index in [9.17, 15) is 21.0 Å². The van der Waals surface area contributed by atoms with Crippen LogP contribution in [0.2, 0.25) is 0 Å². The first-order valence-electron chi connectivity index (χ1n) is 10.3. The highest BCUT2D eigenvalue weighted by Gasteiger charge is 2.25. The molecule has 0 atom stereocenters. The predicted molar refractivity (Wildman–Crippen MR) is 124 cm³/mol. The van der Waals surface area contributed by atoms with E-state index in [0.717, 1.165) is 11.4 Å². The Morgan fingerprint density at radius 3 is 1.24 bits per heavy atom. The fraction of sp³-hybridized carbons (Fsp3) is 0.0769. The number of aromatic nitrogens is 4. The molecule has 158 valence electrons. The third kappa shape index (κ3) is 3.12. The Morgan fingerprint density at radius 2 is 0.912 bits per heavy atom. The zero-order chi connectivity index (χ0) is 23.7. The summed E-state index contributed by atoms with van der Waals surface area (Å²) in [4.78, 5) is 9.31. The van der Waals surface area contributed by atoms with Gasteiger partial charge in [0.1, 0.15) is 11.6 Å². The summed E-state index contributed by atoms with van der Waals surface area (Å²) >= 11 is 0. The maximum absolute atomic E-state index is 9.57. The highest BCUT2D eigenvalue weighted by Crippen LogP contribution is 2.32. The molecule has 2 aromatic heterocycles. The van der Waals surface area contributed by atoms with Crippen LogP contribution in [0.5, 0.6) is 0 Å². The van der Waals surface area contributed by atoms with Crippen LogP contribution in [-0.2, 0) is 0 Å². The number of nitrogens with zero attached hydrogens (tertiary/aromatic N) is 8. The Balaban J connectivity index is 1.89. The van der Waals surface area contributed by atoms with Gasteiger partial charge in [-0.3, -0.25) is 9.13 Å². The van der Waals surface area contributed by atoms with Gasteiger partial charge in [-0.25, -0.2) is 9.97 Å². The quantitative estimate of drug-likeness (QED) is 0.402. The van der Waals surface area contributed by atoms with Crippen LogP contribution < -0.4 is 0 Å². The minimum absolute atomic E-state index is 0.317. The second kappa shape index (κ2) is 8.24. The van der Waals surface area contributed by atoms with Gasteiger partial charge >= 0.3 is 0 Å². The van der Waals surface area contributed by atoms with E-state index < -0.39 is 11.8 Å². The summed E-state index contributed by atoms with van der Waals surface area (Å²) in [6.07, 6.45) is 0. The van der Waals surface area contributed by atoms with Gasteiger partial charge in [0.15, 0.2) is 11.8 Å². The van der Waals surface area contributed by atoms with Crippen LogP contribution >= 0.6 is 0 Å². The number of nitriles is 4. The minimum atomic E-state index is -1.06. The Labute approximate surface area is 194 Å². The van der Waals surface area contributed by atoms with Gasteiger partial charge in [0.2, 0.25) is 0 Å². The monoisotopic (exact) mass is 438 g/mol. The summed E-state index contributed by atoms with van der Waals surface area (Å²) in [6, 6.07) is 30.4. The molecule has 0 bridgehead atoms. The van der Waals surface area contributed by atoms with Crippen molar-refractivity contribution < 1.29 is 0 Å². The van der Waals surface area contributed by atoms with Crippen molar-refractivity contribution >= 4 is 22.1 Å². The number of benzene rings is 3. The molecule has 0 aliphatic heterocycles. The molecule has 8 heteroatoms. The molecule has 0 N–H and O–H groups in total. The van der Waals surface area contributed by atoms with Gasteiger partial charge in [0.25, 0.3) is 0 Å². The lowest BCUT2D eigenvalue weighted by Gasteiger charge is -2.10. The lowest BCUT2D eigenvalue weighted by Crippen LogP contribution is -2.05. The standard InChI is InChI=1S/C26H14N8/c27-13-17(14-28)25-31-21-12-24-22(11-23(21)33(25)19-7-3-1-4-8-19)32-26(18(15-29)16-30)34(24)20-9-5-2-6-10-20/h1-12,17-18H. The first kappa shape index (κ1) is 20.5. The van der Waals surface area contributed by atoms with Crippen LogP contribution in [0.3, 0.4) is 0 Å². The van der Waals surface area contributed by atoms with E-state index in [1.165, 1.54) is 0 Å². The molecule has 8 nitrogen and oxygen atoms in total. The Bertz CT molecular complexity index is 1540. The first-order chi connectivity index (χ1) is 16.7. The van der Waals surface area contributed by atoms with Crippen LogP contribution in [0.15, 0.2) is 72.8 Å². The van der Waals surface area contributed by atoms with E-state index in [-0.39, 0.29) is 0 Å². The van der Waals surface area contributed by atoms with Crippen LogP contribution in [0.1, 0.15) is 23.5 Å². The Kier molecular flexibility index (Phi) is 4.96. The predicted octanol–water partition coefficient (Wildman–Crippen LogP) is 4.63. The van der Waals surface area contributed by atoms with Crippen molar-refractivity contribution in [2.24, 2.45) is 0 Å². The minimum Gasteiger partial charge on any atom is -0.294 e. The van der Waals surface area contributed by atoms with Crippen molar-refractivity contribution in [1.29, 1.82) is 21.0 Å². The molecule has 0 saturated heterocycles. The summed E-state index contributed by atoms with van der Waals surface area (Å²) in [5.74, 6) is -1.49. The van der Waals surface area contributed by atoms with Gasteiger partial charge in [-0.05, 0) is 36.4 Å². The molecule has 0 spiro atoms. The van der Waals surface area contributed by atoms with Gasteiger partial charge in [-0.1, -0.05) is 36.4 Å². The van der Waals surface area contributed by atoms with Crippen LogP contribution in [0.4, 0.5) is 0 Å². The zero-order valence-corrected chi connectivity index (χ0v) is 17.7. The molecule has 34 heavy (non-hydrogen) atoms. The normalized spacial score (nSPS) is 10.8. The summed E-state index contributed by atoms with van der Waals surface area (Å²) in [5.41, 5.74) is 3.97. The second-order valence-electron chi connectivity index (χ2n) is 7.49. The number of rotatable bonds is 4. The van der Waals surface area contributed by atoms with Crippen LogP contribution in [-0.4, -0.2) is 19.1 Å². The largest absolute Gasteiger partial charge is 0.294 e. The van der Waals surface area contributed by atoms with Crippen LogP contribution in [0.25, 0.3) is 33.4 Å². The summed E-state index contributed by atoms with van der Waals surface area (Å²) in [7, 11) is 0. The van der Waals surface area contributed by atoms with Gasteiger partial charge in [-0.2, -0.15) is 21.0 Å². The van der Waals surface area contributed by atoms with E-state index in [1.54, 1.807) is 9.13 Å². The molecular formula is C26H14N8. The van der Waals surface area contributed by atoms with E-state index in [1.807, 2.05) is 97.1 Å².